The van der Waals surface area contributed by atoms with Crippen molar-refractivity contribution in [2.24, 2.45) is 5.10 Å². The monoisotopic (exact) mass is 404 g/mol. The number of aryl methyl sites for hydroxylation is 1. The first-order valence-electron chi connectivity index (χ1n) is 9.50. The molecule has 0 unspecified atom stereocenters. The lowest BCUT2D eigenvalue weighted by Gasteiger charge is -2.11. The van der Waals surface area contributed by atoms with Crippen LogP contribution in [0.1, 0.15) is 16.7 Å². The summed E-state index contributed by atoms with van der Waals surface area (Å²) in [6.07, 6.45) is 1.53. The molecule has 0 aromatic heterocycles. The van der Waals surface area contributed by atoms with Gasteiger partial charge in [-0.05, 0) is 48.4 Å². The van der Waals surface area contributed by atoms with Crippen LogP contribution in [-0.4, -0.2) is 25.8 Å². The van der Waals surface area contributed by atoms with E-state index in [1.165, 1.54) is 6.21 Å². The minimum Gasteiger partial charge on any atom is -0.493 e. The third-order valence-electron chi connectivity index (χ3n) is 4.22. The van der Waals surface area contributed by atoms with Gasteiger partial charge in [-0.2, -0.15) is 5.10 Å². The number of rotatable bonds is 9. The van der Waals surface area contributed by atoms with Crippen molar-refractivity contribution >= 4 is 12.1 Å². The third-order valence-corrected chi connectivity index (χ3v) is 4.22. The summed E-state index contributed by atoms with van der Waals surface area (Å²) in [5.74, 6) is 1.51. The second kappa shape index (κ2) is 10.7. The molecule has 0 bridgehead atoms. The van der Waals surface area contributed by atoms with Crippen LogP contribution in [0.3, 0.4) is 0 Å². The van der Waals surface area contributed by atoms with Gasteiger partial charge in [0.1, 0.15) is 12.4 Å². The second-order valence-corrected chi connectivity index (χ2v) is 6.58. The maximum atomic E-state index is 11.9. The van der Waals surface area contributed by atoms with E-state index in [0.717, 1.165) is 16.7 Å². The van der Waals surface area contributed by atoms with Crippen molar-refractivity contribution in [2.75, 3.05) is 13.7 Å². The molecule has 3 aromatic carbocycles. The lowest BCUT2D eigenvalue weighted by Crippen LogP contribution is -2.24. The van der Waals surface area contributed by atoms with Crippen LogP contribution < -0.4 is 19.6 Å². The molecule has 0 aliphatic carbocycles. The summed E-state index contributed by atoms with van der Waals surface area (Å²) in [5.41, 5.74) is 5.41. The molecule has 6 heteroatoms. The predicted molar refractivity (Wildman–Crippen MR) is 116 cm³/mol. The molecular formula is C24H24N2O4. The molecule has 30 heavy (non-hydrogen) atoms. The predicted octanol–water partition coefficient (Wildman–Crippen LogP) is 4.11. The minimum atomic E-state index is -0.346. The summed E-state index contributed by atoms with van der Waals surface area (Å²) in [4.78, 5) is 11.9. The Kier molecular flexibility index (Phi) is 7.44. The van der Waals surface area contributed by atoms with E-state index in [1.54, 1.807) is 13.2 Å². The molecule has 6 nitrogen and oxygen atoms in total. The summed E-state index contributed by atoms with van der Waals surface area (Å²) >= 11 is 0. The van der Waals surface area contributed by atoms with Crippen LogP contribution >= 0.6 is 0 Å². The van der Waals surface area contributed by atoms with Crippen LogP contribution in [0.15, 0.2) is 77.9 Å². The highest BCUT2D eigenvalue weighted by atomic mass is 16.5. The molecule has 0 fully saturated rings. The summed E-state index contributed by atoms with van der Waals surface area (Å²) in [6, 6.07) is 22.8. The van der Waals surface area contributed by atoms with Gasteiger partial charge in [0.2, 0.25) is 0 Å². The van der Waals surface area contributed by atoms with Gasteiger partial charge in [0.15, 0.2) is 18.1 Å². The number of nitrogens with one attached hydrogen (secondary N) is 1. The number of methoxy groups -OCH3 is 1. The van der Waals surface area contributed by atoms with Crippen molar-refractivity contribution in [1.29, 1.82) is 0 Å². The third kappa shape index (κ3) is 6.38. The molecule has 0 atom stereocenters. The van der Waals surface area contributed by atoms with Gasteiger partial charge in [0, 0.05) is 0 Å². The van der Waals surface area contributed by atoms with E-state index in [-0.39, 0.29) is 12.5 Å². The van der Waals surface area contributed by atoms with Crippen molar-refractivity contribution in [2.45, 2.75) is 13.5 Å². The normalized spacial score (nSPS) is 10.6. The van der Waals surface area contributed by atoms with E-state index in [2.05, 4.69) is 10.5 Å². The summed E-state index contributed by atoms with van der Waals surface area (Å²) in [6.45, 7) is 2.32. The lowest BCUT2D eigenvalue weighted by atomic mass is 10.2. The quantitative estimate of drug-likeness (QED) is 0.430. The number of hydrogen-bond donors (Lipinski definition) is 1. The first-order chi connectivity index (χ1) is 14.6. The number of amides is 1. The van der Waals surface area contributed by atoms with Gasteiger partial charge in [-0.15, -0.1) is 0 Å². The number of ether oxygens (including phenoxy) is 3. The number of hydrazone groups is 1. The number of benzene rings is 3. The summed E-state index contributed by atoms with van der Waals surface area (Å²) < 4.78 is 16.7. The maximum absolute atomic E-state index is 11.9. The van der Waals surface area contributed by atoms with Crippen molar-refractivity contribution in [1.82, 2.24) is 5.43 Å². The van der Waals surface area contributed by atoms with E-state index >= 15 is 0 Å². The number of hydrogen-bond acceptors (Lipinski definition) is 5. The van der Waals surface area contributed by atoms with E-state index in [4.69, 9.17) is 14.2 Å². The Bertz CT molecular complexity index is 986. The summed E-state index contributed by atoms with van der Waals surface area (Å²) in [5, 5.41) is 3.97. The average molecular weight is 404 g/mol. The molecule has 0 saturated carbocycles. The largest absolute Gasteiger partial charge is 0.493 e. The molecular weight excluding hydrogens is 380 g/mol. The fraction of sp³-hybridized carbons (Fsp3) is 0.167. The Labute approximate surface area is 176 Å². The first-order valence-corrected chi connectivity index (χ1v) is 9.50. The van der Waals surface area contributed by atoms with Gasteiger partial charge in [0.25, 0.3) is 5.91 Å². The highest BCUT2D eigenvalue weighted by Gasteiger charge is 2.06. The van der Waals surface area contributed by atoms with Crippen LogP contribution in [0.25, 0.3) is 0 Å². The van der Waals surface area contributed by atoms with Crippen molar-refractivity contribution in [3.63, 3.8) is 0 Å². The topological polar surface area (TPSA) is 69.2 Å². The van der Waals surface area contributed by atoms with E-state index in [0.29, 0.717) is 23.9 Å². The average Bonchev–Trinajstić information content (AvgIpc) is 2.78. The molecule has 1 N–H and O–H groups in total. The zero-order valence-electron chi connectivity index (χ0n) is 17.0. The second-order valence-electron chi connectivity index (χ2n) is 6.58. The Morgan fingerprint density at radius 3 is 2.47 bits per heavy atom. The highest BCUT2D eigenvalue weighted by Crippen LogP contribution is 2.28. The molecule has 0 radical (unpaired) electrons. The van der Waals surface area contributed by atoms with Crippen LogP contribution in [0.2, 0.25) is 0 Å². The Hall–Kier alpha value is -3.80. The molecule has 0 heterocycles. The smallest absolute Gasteiger partial charge is 0.277 e. The Balaban J connectivity index is 1.50. The minimum absolute atomic E-state index is 0.115. The van der Waals surface area contributed by atoms with Gasteiger partial charge in [-0.1, -0.05) is 48.0 Å². The molecule has 154 valence electrons. The SMILES string of the molecule is COc1cc(/C=N/NC(=O)COc2ccc(C)cc2)ccc1OCc1ccccc1. The van der Waals surface area contributed by atoms with Crippen molar-refractivity contribution < 1.29 is 19.0 Å². The maximum Gasteiger partial charge on any atom is 0.277 e. The zero-order valence-corrected chi connectivity index (χ0v) is 17.0. The molecule has 3 aromatic rings. The first kappa shape index (κ1) is 20.9. The van der Waals surface area contributed by atoms with Crippen LogP contribution in [-0.2, 0) is 11.4 Å². The van der Waals surface area contributed by atoms with E-state index in [1.807, 2.05) is 73.7 Å². The highest BCUT2D eigenvalue weighted by molar-refractivity contribution is 5.83. The fourth-order valence-electron chi connectivity index (χ4n) is 2.61. The van der Waals surface area contributed by atoms with Gasteiger partial charge >= 0.3 is 0 Å². The molecule has 0 saturated heterocycles. The zero-order chi connectivity index (χ0) is 21.2. The molecule has 0 spiro atoms. The van der Waals surface area contributed by atoms with E-state index in [9.17, 15) is 4.79 Å². The number of nitrogens with zero attached hydrogens (tertiary/aromatic N) is 1. The molecule has 0 aliphatic heterocycles. The van der Waals surface area contributed by atoms with Crippen molar-refractivity contribution in [3.05, 3.63) is 89.5 Å². The summed E-state index contributed by atoms with van der Waals surface area (Å²) in [7, 11) is 1.58. The molecule has 1 amide bonds. The lowest BCUT2D eigenvalue weighted by molar-refractivity contribution is -0.123. The number of carbonyl (C=O) groups is 1. The van der Waals surface area contributed by atoms with E-state index < -0.39 is 0 Å². The fourth-order valence-corrected chi connectivity index (χ4v) is 2.61. The standard InChI is InChI=1S/C24H24N2O4/c1-18-8-11-21(12-9-18)29-17-24(27)26-25-15-20-10-13-22(23(14-20)28-2)30-16-19-6-4-3-5-7-19/h3-15H,16-17H2,1-2H3,(H,26,27)/b25-15+. The molecule has 0 aliphatic rings. The van der Waals surface area contributed by atoms with Gasteiger partial charge < -0.3 is 14.2 Å². The van der Waals surface area contributed by atoms with Gasteiger partial charge in [-0.3, -0.25) is 4.79 Å². The van der Waals surface area contributed by atoms with Crippen molar-refractivity contribution in [3.8, 4) is 17.2 Å². The van der Waals surface area contributed by atoms with Crippen LogP contribution in [0, 0.1) is 6.92 Å². The Morgan fingerprint density at radius 1 is 0.967 bits per heavy atom. The Morgan fingerprint density at radius 2 is 1.73 bits per heavy atom. The molecule has 3 rings (SSSR count). The van der Waals surface area contributed by atoms with Crippen LogP contribution in [0.5, 0.6) is 17.2 Å². The number of carbonyl (C=O) groups excluding carboxylic acids is 1. The van der Waals surface area contributed by atoms with Crippen LogP contribution in [0.4, 0.5) is 0 Å². The van der Waals surface area contributed by atoms with Gasteiger partial charge in [-0.25, -0.2) is 5.43 Å². The van der Waals surface area contributed by atoms with Gasteiger partial charge in [0.05, 0.1) is 13.3 Å².